The van der Waals surface area contributed by atoms with Gasteiger partial charge in [-0.2, -0.15) is 0 Å². The van der Waals surface area contributed by atoms with E-state index in [4.69, 9.17) is 4.74 Å². The van der Waals surface area contributed by atoms with Crippen LogP contribution in [-0.4, -0.2) is 42.3 Å². The molecule has 20 heavy (non-hydrogen) atoms. The Bertz CT molecular complexity index is 425. The number of aliphatic hydroxyl groups excluding tert-OH is 1. The molecule has 110 valence electrons. The minimum atomic E-state index is -0.337. The summed E-state index contributed by atoms with van der Waals surface area (Å²) in [5.41, 5.74) is 0.967. The second-order valence-corrected chi connectivity index (χ2v) is 5.45. The predicted octanol–water partition coefficient (Wildman–Crippen LogP) is 1.99. The fourth-order valence-corrected chi connectivity index (χ4v) is 2.90. The molecule has 1 N–H and O–H groups in total. The van der Waals surface area contributed by atoms with Crippen molar-refractivity contribution in [3.8, 4) is 0 Å². The molecule has 2 unspecified atom stereocenters. The summed E-state index contributed by atoms with van der Waals surface area (Å²) in [4.78, 5) is 14.3. The number of likely N-dealkylation sites (tertiary alicyclic amines) is 1. The average Bonchev–Trinajstić information content (AvgIpc) is 2.49. The Hall–Kier alpha value is -1.39. The van der Waals surface area contributed by atoms with Gasteiger partial charge in [-0.1, -0.05) is 30.3 Å². The van der Waals surface area contributed by atoms with Gasteiger partial charge in [0.1, 0.15) is 6.04 Å². The van der Waals surface area contributed by atoms with Crippen molar-refractivity contribution in [1.29, 1.82) is 0 Å². The van der Waals surface area contributed by atoms with E-state index >= 15 is 0 Å². The van der Waals surface area contributed by atoms with Crippen LogP contribution < -0.4 is 0 Å². The first kappa shape index (κ1) is 15.0. The minimum Gasteiger partial charge on any atom is -0.468 e. The van der Waals surface area contributed by atoms with E-state index in [0.717, 1.165) is 31.5 Å². The third kappa shape index (κ3) is 3.38. The van der Waals surface area contributed by atoms with E-state index in [2.05, 4.69) is 4.90 Å². The summed E-state index contributed by atoms with van der Waals surface area (Å²) in [6, 6.07) is 9.40. The molecule has 0 aromatic heterocycles. The Morgan fingerprint density at radius 3 is 2.40 bits per heavy atom. The molecule has 0 amide bonds. The molecular formula is C16H23NO3. The standard InChI is InChI=1S/C16H23NO3/c1-12(18)13-8-10-17(11-9-13)15(16(19)20-2)14-6-4-3-5-7-14/h3-7,12-13,15,18H,8-11H2,1-2H3. The van der Waals surface area contributed by atoms with E-state index in [1.54, 1.807) is 0 Å². The lowest BCUT2D eigenvalue weighted by Crippen LogP contribution is -2.42. The Labute approximate surface area is 120 Å². The van der Waals surface area contributed by atoms with Gasteiger partial charge in [-0.15, -0.1) is 0 Å². The van der Waals surface area contributed by atoms with Gasteiger partial charge in [0.15, 0.2) is 0 Å². The number of piperidine rings is 1. The van der Waals surface area contributed by atoms with Crippen LogP contribution in [-0.2, 0) is 9.53 Å². The highest BCUT2D eigenvalue weighted by Crippen LogP contribution is 2.29. The fourth-order valence-electron chi connectivity index (χ4n) is 2.90. The first-order valence-corrected chi connectivity index (χ1v) is 7.18. The highest BCUT2D eigenvalue weighted by Gasteiger charge is 2.32. The number of benzene rings is 1. The molecule has 1 heterocycles. The zero-order chi connectivity index (χ0) is 14.5. The summed E-state index contributed by atoms with van der Waals surface area (Å²) in [6.07, 6.45) is 1.56. The van der Waals surface area contributed by atoms with Crippen LogP contribution in [0.15, 0.2) is 30.3 Å². The molecular weight excluding hydrogens is 254 g/mol. The zero-order valence-electron chi connectivity index (χ0n) is 12.2. The molecule has 0 bridgehead atoms. The summed E-state index contributed by atoms with van der Waals surface area (Å²) < 4.78 is 4.96. The lowest BCUT2D eigenvalue weighted by molar-refractivity contribution is -0.148. The van der Waals surface area contributed by atoms with E-state index in [1.807, 2.05) is 37.3 Å². The molecule has 2 atom stereocenters. The lowest BCUT2D eigenvalue weighted by Gasteiger charge is -2.37. The van der Waals surface area contributed by atoms with Crippen LogP contribution >= 0.6 is 0 Å². The maximum Gasteiger partial charge on any atom is 0.327 e. The average molecular weight is 277 g/mol. The van der Waals surface area contributed by atoms with Gasteiger partial charge in [-0.05, 0) is 44.3 Å². The molecule has 1 aliphatic rings. The number of esters is 1. The lowest BCUT2D eigenvalue weighted by atomic mass is 9.90. The van der Waals surface area contributed by atoms with Gasteiger partial charge in [-0.25, -0.2) is 4.79 Å². The van der Waals surface area contributed by atoms with E-state index in [-0.39, 0.29) is 18.1 Å². The molecule has 4 nitrogen and oxygen atoms in total. The van der Waals surface area contributed by atoms with E-state index in [1.165, 1.54) is 7.11 Å². The molecule has 1 aromatic rings. The summed E-state index contributed by atoms with van der Waals surface area (Å²) in [5.74, 6) is 0.118. The first-order valence-electron chi connectivity index (χ1n) is 7.18. The van der Waals surface area contributed by atoms with Crippen molar-refractivity contribution in [1.82, 2.24) is 4.90 Å². The van der Waals surface area contributed by atoms with Crippen LogP contribution in [0.4, 0.5) is 0 Å². The second-order valence-electron chi connectivity index (χ2n) is 5.45. The number of carbonyl (C=O) groups excluding carboxylic acids is 1. The van der Waals surface area contributed by atoms with Gasteiger partial charge < -0.3 is 9.84 Å². The highest BCUT2D eigenvalue weighted by molar-refractivity contribution is 5.77. The van der Waals surface area contributed by atoms with Crippen molar-refractivity contribution in [2.24, 2.45) is 5.92 Å². The Kier molecular flexibility index (Phi) is 5.15. The van der Waals surface area contributed by atoms with Crippen LogP contribution in [0.3, 0.4) is 0 Å². The maximum absolute atomic E-state index is 12.1. The van der Waals surface area contributed by atoms with Gasteiger partial charge in [0.25, 0.3) is 0 Å². The van der Waals surface area contributed by atoms with Crippen LogP contribution in [0.25, 0.3) is 0 Å². The minimum absolute atomic E-state index is 0.216. The normalized spacial score (nSPS) is 20.4. The van der Waals surface area contributed by atoms with Crippen LogP contribution in [0, 0.1) is 5.92 Å². The molecule has 0 spiro atoms. The Morgan fingerprint density at radius 2 is 1.90 bits per heavy atom. The van der Waals surface area contributed by atoms with Crippen LogP contribution in [0.1, 0.15) is 31.4 Å². The maximum atomic E-state index is 12.1. The van der Waals surface area contributed by atoms with Crippen LogP contribution in [0.5, 0.6) is 0 Å². The topological polar surface area (TPSA) is 49.8 Å². The summed E-state index contributed by atoms with van der Waals surface area (Å²) in [5, 5.41) is 9.66. The third-order valence-corrected chi connectivity index (χ3v) is 4.16. The van der Waals surface area contributed by atoms with E-state index in [0.29, 0.717) is 5.92 Å². The molecule has 1 saturated heterocycles. The third-order valence-electron chi connectivity index (χ3n) is 4.16. The Morgan fingerprint density at radius 1 is 1.30 bits per heavy atom. The summed E-state index contributed by atoms with van der Waals surface area (Å²) >= 11 is 0. The van der Waals surface area contributed by atoms with Crippen molar-refractivity contribution < 1.29 is 14.6 Å². The largest absolute Gasteiger partial charge is 0.468 e. The number of methoxy groups -OCH3 is 1. The molecule has 4 heteroatoms. The van der Waals surface area contributed by atoms with Crippen molar-refractivity contribution >= 4 is 5.97 Å². The fraction of sp³-hybridized carbons (Fsp3) is 0.562. The smallest absolute Gasteiger partial charge is 0.327 e. The number of hydrogen-bond acceptors (Lipinski definition) is 4. The number of aliphatic hydroxyl groups is 1. The first-order chi connectivity index (χ1) is 9.63. The predicted molar refractivity (Wildman–Crippen MR) is 77.2 cm³/mol. The van der Waals surface area contributed by atoms with E-state index < -0.39 is 0 Å². The second kappa shape index (κ2) is 6.86. The van der Waals surface area contributed by atoms with E-state index in [9.17, 15) is 9.90 Å². The molecule has 1 aliphatic heterocycles. The van der Waals surface area contributed by atoms with Crippen molar-refractivity contribution in [2.75, 3.05) is 20.2 Å². The van der Waals surface area contributed by atoms with Gasteiger partial charge in [0.2, 0.25) is 0 Å². The Balaban J connectivity index is 2.11. The summed E-state index contributed by atoms with van der Waals surface area (Å²) in [7, 11) is 1.43. The zero-order valence-corrected chi connectivity index (χ0v) is 12.2. The van der Waals surface area contributed by atoms with Crippen molar-refractivity contribution in [3.63, 3.8) is 0 Å². The number of nitrogens with zero attached hydrogens (tertiary/aromatic N) is 1. The molecule has 1 fully saturated rings. The number of hydrogen-bond donors (Lipinski definition) is 1. The molecule has 1 aromatic carbocycles. The van der Waals surface area contributed by atoms with Crippen molar-refractivity contribution in [3.05, 3.63) is 35.9 Å². The van der Waals surface area contributed by atoms with Gasteiger partial charge in [0.05, 0.1) is 13.2 Å². The SMILES string of the molecule is COC(=O)C(c1ccccc1)N1CCC(C(C)O)CC1. The summed E-state index contributed by atoms with van der Waals surface area (Å²) in [6.45, 7) is 3.46. The monoisotopic (exact) mass is 277 g/mol. The number of carbonyl (C=O) groups is 1. The van der Waals surface area contributed by atoms with Gasteiger partial charge in [-0.3, -0.25) is 4.90 Å². The van der Waals surface area contributed by atoms with Gasteiger partial charge in [0, 0.05) is 0 Å². The van der Waals surface area contributed by atoms with Crippen LogP contribution in [0.2, 0.25) is 0 Å². The molecule has 0 saturated carbocycles. The highest BCUT2D eigenvalue weighted by atomic mass is 16.5. The van der Waals surface area contributed by atoms with Crippen molar-refractivity contribution in [2.45, 2.75) is 31.9 Å². The quantitative estimate of drug-likeness (QED) is 0.855. The molecule has 2 rings (SSSR count). The molecule has 0 aliphatic carbocycles. The molecule has 0 radical (unpaired) electrons. The number of ether oxygens (including phenoxy) is 1. The number of rotatable bonds is 4. The van der Waals surface area contributed by atoms with Gasteiger partial charge >= 0.3 is 5.97 Å².